The van der Waals surface area contributed by atoms with Crippen LogP contribution >= 0.6 is 11.8 Å². The molecule has 1 aromatic rings. The number of carboxylic acid groups (broad SMARTS) is 2. The van der Waals surface area contributed by atoms with E-state index in [4.69, 9.17) is 10.8 Å². The molecule has 0 aromatic heterocycles. The van der Waals surface area contributed by atoms with Crippen LogP contribution in [-0.4, -0.2) is 81.2 Å². The molecule has 38 heavy (non-hydrogen) atoms. The third-order valence-electron chi connectivity index (χ3n) is 6.03. The molecule has 0 radical (unpaired) electrons. The lowest BCUT2D eigenvalue weighted by molar-refractivity contribution is -0.143. The average molecular weight is 555 g/mol. The van der Waals surface area contributed by atoms with Crippen LogP contribution in [0.2, 0.25) is 0 Å². The zero-order chi connectivity index (χ0) is 28.8. The summed E-state index contributed by atoms with van der Waals surface area (Å²) < 4.78 is 0. The summed E-state index contributed by atoms with van der Waals surface area (Å²) in [4.78, 5) is 61.8. The van der Waals surface area contributed by atoms with Crippen molar-refractivity contribution in [1.82, 2.24) is 16.0 Å². The molecule has 0 aliphatic carbocycles. The molecule has 0 heterocycles. The normalized spacial score (nSPS) is 14.8. The van der Waals surface area contributed by atoms with Gasteiger partial charge in [0.15, 0.2) is 0 Å². The fourth-order valence-corrected chi connectivity index (χ4v) is 3.97. The lowest BCUT2D eigenvalue weighted by Crippen LogP contribution is -2.58. The van der Waals surface area contributed by atoms with Crippen LogP contribution in [-0.2, 0) is 30.4 Å². The van der Waals surface area contributed by atoms with Crippen LogP contribution in [0, 0.1) is 5.92 Å². The van der Waals surface area contributed by atoms with Gasteiger partial charge >= 0.3 is 11.9 Å². The monoisotopic (exact) mass is 554 g/mol. The van der Waals surface area contributed by atoms with Gasteiger partial charge in [0, 0.05) is 12.8 Å². The minimum Gasteiger partial charge on any atom is -0.508 e. The number of benzene rings is 1. The maximum atomic E-state index is 13.2. The quantitative estimate of drug-likeness (QED) is 0.141. The first kappa shape index (κ1) is 32.7. The van der Waals surface area contributed by atoms with E-state index in [1.807, 2.05) is 13.2 Å². The molecule has 12 nitrogen and oxygen atoms in total. The summed E-state index contributed by atoms with van der Waals surface area (Å²) in [5, 5.41) is 35.6. The minimum absolute atomic E-state index is 0.00531. The van der Waals surface area contributed by atoms with Gasteiger partial charge in [-0.05, 0) is 48.5 Å². The molecule has 0 fully saturated rings. The molecule has 0 saturated carbocycles. The highest BCUT2D eigenvalue weighted by molar-refractivity contribution is 7.98. The number of nitrogens with two attached hydrogens (primary N) is 1. The maximum absolute atomic E-state index is 13.2. The number of phenols is 1. The number of rotatable bonds is 17. The van der Waals surface area contributed by atoms with Crippen molar-refractivity contribution in [2.24, 2.45) is 11.7 Å². The second kappa shape index (κ2) is 16.5. The van der Waals surface area contributed by atoms with Crippen molar-refractivity contribution in [1.29, 1.82) is 0 Å². The predicted molar refractivity (Wildman–Crippen MR) is 143 cm³/mol. The Kier molecular flexibility index (Phi) is 14.2. The Hall–Kier alpha value is -3.32. The van der Waals surface area contributed by atoms with E-state index < -0.39 is 60.2 Å². The number of hydrogen-bond acceptors (Lipinski definition) is 8. The van der Waals surface area contributed by atoms with Gasteiger partial charge in [-0.25, -0.2) is 4.79 Å². The van der Waals surface area contributed by atoms with Gasteiger partial charge in [0.2, 0.25) is 17.7 Å². The molecule has 212 valence electrons. The Morgan fingerprint density at radius 1 is 0.921 bits per heavy atom. The van der Waals surface area contributed by atoms with Crippen molar-refractivity contribution in [3.05, 3.63) is 29.8 Å². The van der Waals surface area contributed by atoms with E-state index in [0.29, 0.717) is 24.2 Å². The number of carboxylic acids is 2. The van der Waals surface area contributed by atoms with Gasteiger partial charge in [-0.3, -0.25) is 19.2 Å². The smallest absolute Gasteiger partial charge is 0.326 e. The fourth-order valence-electron chi connectivity index (χ4n) is 3.48. The summed E-state index contributed by atoms with van der Waals surface area (Å²) >= 11 is 1.53. The molecule has 13 heteroatoms. The van der Waals surface area contributed by atoms with E-state index >= 15 is 0 Å². The summed E-state index contributed by atoms with van der Waals surface area (Å²) in [7, 11) is 0. The van der Waals surface area contributed by atoms with Gasteiger partial charge in [0.1, 0.15) is 23.9 Å². The molecule has 5 unspecified atom stereocenters. The van der Waals surface area contributed by atoms with Gasteiger partial charge in [0.05, 0.1) is 6.04 Å². The Morgan fingerprint density at radius 2 is 1.53 bits per heavy atom. The van der Waals surface area contributed by atoms with Crippen molar-refractivity contribution >= 4 is 41.4 Å². The van der Waals surface area contributed by atoms with Crippen LogP contribution in [0.4, 0.5) is 0 Å². The summed E-state index contributed by atoms with van der Waals surface area (Å²) in [6.45, 7) is 3.56. The molecule has 1 aromatic carbocycles. The zero-order valence-electron chi connectivity index (χ0n) is 21.8. The van der Waals surface area contributed by atoms with E-state index in [9.17, 15) is 34.2 Å². The van der Waals surface area contributed by atoms with Crippen LogP contribution in [0.25, 0.3) is 0 Å². The van der Waals surface area contributed by atoms with Crippen molar-refractivity contribution < 1.29 is 39.3 Å². The fraction of sp³-hybridized carbons (Fsp3) is 0.560. The first-order chi connectivity index (χ1) is 17.9. The topological polar surface area (TPSA) is 208 Å². The van der Waals surface area contributed by atoms with Gasteiger partial charge in [-0.15, -0.1) is 0 Å². The van der Waals surface area contributed by atoms with Crippen LogP contribution in [0.15, 0.2) is 24.3 Å². The molecule has 0 saturated heterocycles. The van der Waals surface area contributed by atoms with Crippen molar-refractivity contribution in [3.63, 3.8) is 0 Å². The third kappa shape index (κ3) is 11.4. The van der Waals surface area contributed by atoms with Crippen molar-refractivity contribution in [3.8, 4) is 5.75 Å². The lowest BCUT2D eigenvalue weighted by atomic mass is 9.97. The number of aliphatic carboxylic acids is 2. The van der Waals surface area contributed by atoms with Gasteiger partial charge in [-0.1, -0.05) is 32.4 Å². The second-order valence-electron chi connectivity index (χ2n) is 9.02. The molecule has 0 aliphatic heterocycles. The number of phenolic OH excluding ortho intramolecular Hbond substituents is 1. The Balaban J connectivity index is 3.05. The van der Waals surface area contributed by atoms with Crippen LogP contribution in [0.3, 0.4) is 0 Å². The number of carbonyl (C=O) groups excluding carboxylic acids is 3. The zero-order valence-corrected chi connectivity index (χ0v) is 22.6. The van der Waals surface area contributed by atoms with E-state index in [2.05, 4.69) is 16.0 Å². The average Bonchev–Trinajstić information content (AvgIpc) is 2.87. The molecular formula is C25H38N4O8S. The van der Waals surface area contributed by atoms with Crippen LogP contribution in [0.1, 0.15) is 45.1 Å². The van der Waals surface area contributed by atoms with Crippen molar-refractivity contribution in [2.45, 2.75) is 70.1 Å². The first-order valence-electron chi connectivity index (χ1n) is 12.3. The number of carbonyl (C=O) groups is 5. The molecule has 8 N–H and O–H groups in total. The van der Waals surface area contributed by atoms with E-state index in [1.165, 1.54) is 36.0 Å². The highest BCUT2D eigenvalue weighted by atomic mass is 32.2. The summed E-state index contributed by atoms with van der Waals surface area (Å²) in [5.74, 6) is -4.34. The molecular weight excluding hydrogens is 516 g/mol. The Labute approximate surface area is 226 Å². The number of aromatic hydroxyl groups is 1. The van der Waals surface area contributed by atoms with E-state index in [1.54, 1.807) is 6.92 Å². The van der Waals surface area contributed by atoms with Gasteiger partial charge in [0.25, 0.3) is 0 Å². The summed E-state index contributed by atoms with van der Waals surface area (Å²) in [6, 6.07) is 1.15. The molecule has 0 spiro atoms. The lowest BCUT2D eigenvalue weighted by Gasteiger charge is -2.28. The molecule has 1 rings (SSSR count). The third-order valence-corrected chi connectivity index (χ3v) is 6.68. The SMILES string of the molecule is CCC(C)C(NC(=O)C(N)CCSC)C(=O)NC(CCC(=O)O)C(=O)NC(Cc1ccc(O)cc1)C(=O)O. The molecule has 0 bridgehead atoms. The van der Waals surface area contributed by atoms with Gasteiger partial charge in [-0.2, -0.15) is 11.8 Å². The molecule has 5 atom stereocenters. The number of amides is 3. The number of nitrogens with one attached hydrogen (secondary N) is 3. The van der Waals surface area contributed by atoms with Gasteiger partial charge < -0.3 is 37.0 Å². The predicted octanol–water partition coefficient (Wildman–Crippen LogP) is 0.465. The van der Waals surface area contributed by atoms with Crippen LogP contribution < -0.4 is 21.7 Å². The van der Waals surface area contributed by atoms with Crippen molar-refractivity contribution in [2.75, 3.05) is 12.0 Å². The Morgan fingerprint density at radius 3 is 2.05 bits per heavy atom. The Bertz CT molecular complexity index is 959. The summed E-state index contributed by atoms with van der Waals surface area (Å²) in [5.41, 5.74) is 6.45. The number of hydrogen-bond donors (Lipinski definition) is 7. The maximum Gasteiger partial charge on any atom is 0.326 e. The number of thioether (sulfide) groups is 1. The highest BCUT2D eigenvalue weighted by Crippen LogP contribution is 2.13. The van der Waals surface area contributed by atoms with E-state index in [-0.39, 0.29) is 24.5 Å². The second-order valence-corrected chi connectivity index (χ2v) is 10.0. The minimum atomic E-state index is -1.38. The largest absolute Gasteiger partial charge is 0.508 e. The standard InChI is InChI=1S/C25H38N4O8S/c1-4-14(2)21(29-22(33)17(26)11-12-38-3)24(35)27-18(9-10-20(31)32)23(34)28-19(25(36)37)13-15-5-7-16(30)8-6-15/h5-8,14,17-19,21,30H,4,9-13,26H2,1-3H3,(H,27,35)(H,28,34)(H,29,33)(H,31,32)(H,36,37). The van der Waals surface area contributed by atoms with Crippen LogP contribution in [0.5, 0.6) is 5.75 Å². The highest BCUT2D eigenvalue weighted by Gasteiger charge is 2.32. The van der Waals surface area contributed by atoms with E-state index in [0.717, 1.165) is 0 Å². The molecule has 3 amide bonds. The summed E-state index contributed by atoms with van der Waals surface area (Å²) in [6.07, 6.45) is 1.92. The molecule has 0 aliphatic rings. The first-order valence-corrected chi connectivity index (χ1v) is 13.7.